The number of allylic oxidation sites excluding steroid dienone is 1. The molecule has 0 spiro atoms. The first kappa shape index (κ1) is 20.2. The third-order valence-corrected chi connectivity index (χ3v) is 3.65. The predicted octanol–water partition coefficient (Wildman–Crippen LogP) is 5.95. The Morgan fingerprint density at radius 1 is 1.18 bits per heavy atom. The minimum Gasteiger partial charge on any atom is -0.478 e. The van der Waals surface area contributed by atoms with Gasteiger partial charge in [-0.15, -0.1) is 0 Å². The zero-order valence-corrected chi connectivity index (χ0v) is 14.3. The van der Waals surface area contributed by atoms with Crippen molar-refractivity contribution >= 4 is 11.5 Å². The van der Waals surface area contributed by atoms with Gasteiger partial charge in [-0.2, -0.15) is 0 Å². The molecule has 1 atom stereocenters. The van der Waals surface area contributed by atoms with Crippen molar-refractivity contribution in [3.8, 4) is 0 Å². The molecule has 1 aromatic carbocycles. The number of carbonyl (C=O) groups is 1. The van der Waals surface area contributed by atoms with Crippen LogP contribution in [0.4, 0.5) is 0 Å². The molecule has 0 saturated heterocycles. The molecule has 0 fully saturated rings. The van der Waals surface area contributed by atoms with Crippen molar-refractivity contribution in [3.63, 3.8) is 0 Å². The molecule has 0 aliphatic carbocycles. The van der Waals surface area contributed by atoms with Crippen molar-refractivity contribution in [2.45, 2.75) is 52.9 Å². The van der Waals surface area contributed by atoms with Crippen LogP contribution in [0.3, 0.4) is 0 Å². The van der Waals surface area contributed by atoms with Gasteiger partial charge in [0.1, 0.15) is 0 Å². The molecule has 0 aliphatic heterocycles. The summed E-state index contributed by atoms with van der Waals surface area (Å²) in [4.78, 5) is 10.5. The minimum absolute atomic E-state index is 0.350. The Kier molecular flexibility index (Phi) is 10.8. The van der Waals surface area contributed by atoms with E-state index in [0.717, 1.165) is 18.4 Å². The van der Waals surface area contributed by atoms with Crippen molar-refractivity contribution in [2.24, 2.45) is 5.92 Å². The maximum atomic E-state index is 10.5. The summed E-state index contributed by atoms with van der Waals surface area (Å²) in [6.45, 7) is 13.6. The van der Waals surface area contributed by atoms with Crippen LogP contribution in [0.15, 0.2) is 49.1 Å². The summed E-state index contributed by atoms with van der Waals surface area (Å²) >= 11 is 0. The van der Waals surface area contributed by atoms with E-state index in [2.05, 4.69) is 39.1 Å². The van der Waals surface area contributed by atoms with Crippen molar-refractivity contribution in [2.75, 3.05) is 0 Å². The van der Waals surface area contributed by atoms with Crippen LogP contribution < -0.4 is 0 Å². The van der Waals surface area contributed by atoms with Gasteiger partial charge in [0, 0.05) is 5.57 Å². The Labute approximate surface area is 135 Å². The molecule has 0 aliphatic rings. The Bertz CT molecular complexity index is 460. The lowest BCUT2D eigenvalue weighted by Crippen LogP contribution is -2.06. The summed E-state index contributed by atoms with van der Waals surface area (Å²) in [5, 5.41) is 8.65. The summed E-state index contributed by atoms with van der Waals surface area (Å²) < 4.78 is 0. The number of rotatable bonds is 8. The first-order valence-electron chi connectivity index (χ1n) is 8.04. The van der Waals surface area contributed by atoms with Crippen molar-refractivity contribution in [3.05, 3.63) is 54.6 Å². The average Bonchev–Trinajstić information content (AvgIpc) is 2.52. The minimum atomic E-state index is -0.852. The molecule has 2 heteroatoms. The monoisotopic (exact) mass is 302 g/mol. The van der Waals surface area contributed by atoms with Gasteiger partial charge in [-0.05, 0) is 24.8 Å². The van der Waals surface area contributed by atoms with Crippen LogP contribution in [0.2, 0.25) is 0 Å². The highest BCUT2D eigenvalue weighted by molar-refractivity contribution is 5.85. The zero-order chi connectivity index (χ0) is 17.0. The van der Waals surface area contributed by atoms with Crippen LogP contribution in [-0.4, -0.2) is 11.1 Å². The summed E-state index contributed by atoms with van der Waals surface area (Å²) in [5.41, 5.74) is 2.69. The third-order valence-electron chi connectivity index (χ3n) is 3.65. The lowest BCUT2D eigenvalue weighted by molar-refractivity contribution is -0.132. The molecule has 0 bridgehead atoms. The van der Waals surface area contributed by atoms with Crippen LogP contribution in [0, 0.1) is 5.92 Å². The molecule has 0 heterocycles. The smallest absolute Gasteiger partial charge is 0.330 e. The first-order chi connectivity index (χ1) is 10.4. The van der Waals surface area contributed by atoms with E-state index in [4.69, 9.17) is 5.11 Å². The number of hydrogen-bond acceptors (Lipinski definition) is 1. The number of aliphatic carboxylic acids is 1. The molecular weight excluding hydrogens is 272 g/mol. The lowest BCUT2D eigenvalue weighted by Gasteiger charge is -2.13. The summed E-state index contributed by atoms with van der Waals surface area (Å²) in [7, 11) is 0. The first-order valence-corrected chi connectivity index (χ1v) is 8.04. The second-order valence-electron chi connectivity index (χ2n) is 5.68. The number of carboxylic acids is 1. The van der Waals surface area contributed by atoms with Gasteiger partial charge in [0.2, 0.25) is 0 Å². The van der Waals surface area contributed by atoms with Gasteiger partial charge < -0.3 is 5.11 Å². The number of benzene rings is 1. The van der Waals surface area contributed by atoms with E-state index < -0.39 is 5.97 Å². The highest BCUT2D eigenvalue weighted by Crippen LogP contribution is 2.20. The lowest BCUT2D eigenvalue weighted by atomic mass is 9.92. The van der Waals surface area contributed by atoms with Gasteiger partial charge in [0.25, 0.3) is 0 Å². The van der Waals surface area contributed by atoms with Gasteiger partial charge in [-0.1, -0.05) is 88.6 Å². The van der Waals surface area contributed by atoms with Crippen molar-refractivity contribution in [1.29, 1.82) is 0 Å². The molecule has 0 aromatic heterocycles. The Morgan fingerprint density at radius 3 is 2.14 bits per heavy atom. The van der Waals surface area contributed by atoms with E-state index in [9.17, 15) is 4.79 Å². The molecule has 2 nitrogen and oxygen atoms in total. The molecule has 1 aromatic rings. The van der Waals surface area contributed by atoms with E-state index in [1.807, 2.05) is 25.1 Å². The topological polar surface area (TPSA) is 37.3 Å². The van der Waals surface area contributed by atoms with Crippen LogP contribution in [0.25, 0.3) is 5.57 Å². The molecular formula is C20H30O2. The summed E-state index contributed by atoms with van der Waals surface area (Å²) in [6, 6.07) is 10.2. The summed E-state index contributed by atoms with van der Waals surface area (Å²) in [6.07, 6.45) is 5.18. The standard InChI is InChI=1S/C11H20O2.C9H10/c1-4-6-7-10(5-2)8-9(3)11(12)13;1-8(2)9-6-4-3-5-7-9/h10H,3-8H2,1-2H3,(H,12,13);3-7H,1H2,2H3. The molecule has 1 N–H and O–H groups in total. The predicted molar refractivity (Wildman–Crippen MR) is 95.8 cm³/mol. The van der Waals surface area contributed by atoms with Gasteiger partial charge in [0.15, 0.2) is 0 Å². The number of carboxylic acid groups (broad SMARTS) is 1. The maximum absolute atomic E-state index is 10.5. The van der Waals surface area contributed by atoms with Gasteiger partial charge in [0.05, 0.1) is 0 Å². The fourth-order valence-electron chi connectivity index (χ4n) is 2.10. The molecule has 1 rings (SSSR count). The molecule has 0 saturated carbocycles. The average molecular weight is 302 g/mol. The molecule has 122 valence electrons. The largest absolute Gasteiger partial charge is 0.478 e. The fourth-order valence-corrected chi connectivity index (χ4v) is 2.10. The Hall–Kier alpha value is -1.83. The second-order valence-corrected chi connectivity index (χ2v) is 5.68. The quantitative estimate of drug-likeness (QED) is 0.602. The van der Waals surface area contributed by atoms with Gasteiger partial charge in [-0.25, -0.2) is 4.79 Å². The van der Waals surface area contributed by atoms with E-state index in [1.54, 1.807) is 0 Å². The second kappa shape index (κ2) is 11.8. The van der Waals surface area contributed by atoms with Crippen molar-refractivity contribution in [1.82, 2.24) is 0 Å². The highest BCUT2D eigenvalue weighted by Gasteiger charge is 2.11. The summed E-state index contributed by atoms with van der Waals surface area (Å²) in [5.74, 6) is -0.349. The number of hydrogen-bond donors (Lipinski definition) is 1. The van der Waals surface area contributed by atoms with Crippen LogP contribution in [0.1, 0.15) is 58.4 Å². The van der Waals surface area contributed by atoms with E-state index in [0.29, 0.717) is 17.9 Å². The highest BCUT2D eigenvalue weighted by atomic mass is 16.4. The SMILES string of the molecule is C=C(C)c1ccccc1.C=C(CC(CC)CCCC)C(=O)O. The van der Waals surface area contributed by atoms with Crippen molar-refractivity contribution < 1.29 is 9.90 Å². The Balaban J connectivity index is 0.000000425. The normalized spacial score (nSPS) is 11.0. The van der Waals surface area contributed by atoms with Crippen LogP contribution in [0.5, 0.6) is 0 Å². The van der Waals surface area contributed by atoms with E-state index in [-0.39, 0.29) is 0 Å². The van der Waals surface area contributed by atoms with E-state index >= 15 is 0 Å². The van der Waals surface area contributed by atoms with E-state index in [1.165, 1.54) is 18.4 Å². The van der Waals surface area contributed by atoms with Gasteiger partial charge >= 0.3 is 5.97 Å². The fraction of sp³-hybridized carbons (Fsp3) is 0.450. The number of unbranched alkanes of at least 4 members (excludes halogenated alkanes) is 1. The van der Waals surface area contributed by atoms with Crippen LogP contribution >= 0.6 is 0 Å². The molecule has 0 radical (unpaired) electrons. The molecule has 22 heavy (non-hydrogen) atoms. The zero-order valence-electron chi connectivity index (χ0n) is 14.3. The maximum Gasteiger partial charge on any atom is 0.330 e. The van der Waals surface area contributed by atoms with Crippen LogP contribution in [-0.2, 0) is 4.79 Å². The molecule has 1 unspecified atom stereocenters. The third kappa shape index (κ3) is 9.17. The van der Waals surface area contributed by atoms with Gasteiger partial charge in [-0.3, -0.25) is 0 Å². The Morgan fingerprint density at radius 2 is 1.77 bits per heavy atom. The molecule has 0 amide bonds.